The molecule has 0 spiro atoms. The average Bonchev–Trinajstić information content (AvgIpc) is 2.05. The minimum atomic E-state index is -2.98. The van der Waals surface area contributed by atoms with Gasteiger partial charge in [-0.25, -0.2) is 8.42 Å². The van der Waals surface area contributed by atoms with Crippen LogP contribution >= 0.6 is 0 Å². The van der Waals surface area contributed by atoms with Gasteiger partial charge in [0.25, 0.3) is 0 Å². The quantitative estimate of drug-likeness (QED) is 0.785. The Bertz CT molecular complexity index is 431. The second-order valence-corrected chi connectivity index (χ2v) is 5.79. The van der Waals surface area contributed by atoms with Crippen molar-refractivity contribution in [1.29, 1.82) is 0 Å². The molecule has 1 rings (SSSR count). The number of hydrogen-bond acceptors (Lipinski definition) is 5. The first-order chi connectivity index (χ1) is 6.88. The summed E-state index contributed by atoms with van der Waals surface area (Å²) in [6.45, 7) is 1.79. The van der Waals surface area contributed by atoms with Crippen molar-refractivity contribution in [3.05, 3.63) is 18.5 Å². The van der Waals surface area contributed by atoms with E-state index in [9.17, 15) is 8.42 Å². The van der Waals surface area contributed by atoms with E-state index in [4.69, 9.17) is 5.73 Å². The SMILES string of the molecule is CC(CS(C)(=O)=O)Nc1ccncc1N. The smallest absolute Gasteiger partial charge is 0.149 e. The molecule has 1 aromatic rings. The molecule has 0 radical (unpaired) electrons. The standard InChI is InChI=1S/C9H15N3O2S/c1-7(6-15(2,13)14)12-9-3-4-11-5-8(9)10/h3-5,7H,6,10H2,1-2H3,(H,11,12). The Balaban J connectivity index is 2.67. The second kappa shape index (κ2) is 4.48. The number of nitrogens with one attached hydrogen (secondary N) is 1. The molecule has 0 fully saturated rings. The minimum Gasteiger partial charge on any atom is -0.396 e. The van der Waals surface area contributed by atoms with Gasteiger partial charge in [-0.1, -0.05) is 0 Å². The molecular weight excluding hydrogens is 214 g/mol. The predicted molar refractivity (Wildman–Crippen MR) is 61.4 cm³/mol. The van der Waals surface area contributed by atoms with Crippen molar-refractivity contribution in [1.82, 2.24) is 4.98 Å². The molecule has 0 amide bonds. The van der Waals surface area contributed by atoms with Crippen LogP contribution in [0.15, 0.2) is 18.5 Å². The van der Waals surface area contributed by atoms with Crippen LogP contribution < -0.4 is 11.1 Å². The van der Waals surface area contributed by atoms with Crippen LogP contribution in [0.2, 0.25) is 0 Å². The third-order valence-corrected chi connectivity index (χ3v) is 2.91. The zero-order valence-electron chi connectivity index (χ0n) is 8.77. The van der Waals surface area contributed by atoms with Crippen LogP contribution in [0.4, 0.5) is 11.4 Å². The minimum absolute atomic E-state index is 0.0781. The summed E-state index contributed by atoms with van der Waals surface area (Å²) in [5.74, 6) is 0.0781. The maximum absolute atomic E-state index is 11.0. The monoisotopic (exact) mass is 229 g/mol. The van der Waals surface area contributed by atoms with Crippen LogP contribution in [0.25, 0.3) is 0 Å². The molecule has 15 heavy (non-hydrogen) atoms. The van der Waals surface area contributed by atoms with Gasteiger partial charge in [0.1, 0.15) is 9.84 Å². The Hall–Kier alpha value is -1.30. The summed E-state index contributed by atoms with van der Waals surface area (Å²) in [7, 11) is -2.98. The Morgan fingerprint density at radius 2 is 2.27 bits per heavy atom. The molecule has 3 N–H and O–H groups in total. The number of nitrogens with zero attached hydrogens (tertiary/aromatic N) is 1. The molecule has 0 aliphatic heterocycles. The van der Waals surface area contributed by atoms with E-state index < -0.39 is 9.84 Å². The predicted octanol–water partition coefficient (Wildman–Crippen LogP) is 0.509. The van der Waals surface area contributed by atoms with Crippen molar-refractivity contribution < 1.29 is 8.42 Å². The van der Waals surface area contributed by atoms with Crippen molar-refractivity contribution in [2.45, 2.75) is 13.0 Å². The first-order valence-corrected chi connectivity index (χ1v) is 6.58. The molecule has 1 aromatic heterocycles. The number of aromatic nitrogens is 1. The molecule has 1 heterocycles. The Kier molecular flexibility index (Phi) is 3.52. The molecule has 1 atom stereocenters. The van der Waals surface area contributed by atoms with Crippen molar-refractivity contribution in [2.75, 3.05) is 23.1 Å². The average molecular weight is 229 g/mol. The summed E-state index contributed by atoms with van der Waals surface area (Å²) in [6.07, 6.45) is 4.34. The normalized spacial score (nSPS) is 13.5. The lowest BCUT2D eigenvalue weighted by Gasteiger charge is -2.15. The Morgan fingerprint density at radius 1 is 1.60 bits per heavy atom. The topological polar surface area (TPSA) is 85.1 Å². The molecule has 0 saturated heterocycles. The highest BCUT2D eigenvalue weighted by Gasteiger charge is 2.10. The fourth-order valence-electron chi connectivity index (χ4n) is 1.30. The molecule has 6 heteroatoms. The second-order valence-electron chi connectivity index (χ2n) is 3.60. The summed E-state index contributed by atoms with van der Waals surface area (Å²) >= 11 is 0. The zero-order chi connectivity index (χ0) is 11.5. The van der Waals surface area contributed by atoms with Crippen molar-refractivity contribution >= 4 is 21.2 Å². The van der Waals surface area contributed by atoms with E-state index in [-0.39, 0.29) is 11.8 Å². The lowest BCUT2D eigenvalue weighted by molar-refractivity contribution is 0.598. The van der Waals surface area contributed by atoms with Crippen LogP contribution in [0.5, 0.6) is 0 Å². The largest absolute Gasteiger partial charge is 0.396 e. The fourth-order valence-corrected chi connectivity index (χ4v) is 2.29. The van der Waals surface area contributed by atoms with Gasteiger partial charge in [0, 0.05) is 18.5 Å². The summed E-state index contributed by atoms with van der Waals surface area (Å²) in [6, 6.07) is 1.54. The molecular formula is C9H15N3O2S. The fraction of sp³-hybridized carbons (Fsp3) is 0.444. The van der Waals surface area contributed by atoms with E-state index in [1.807, 2.05) is 0 Å². The maximum Gasteiger partial charge on any atom is 0.149 e. The van der Waals surface area contributed by atoms with E-state index in [0.29, 0.717) is 11.4 Å². The van der Waals surface area contributed by atoms with Gasteiger partial charge in [0.15, 0.2) is 0 Å². The molecule has 0 aliphatic rings. The van der Waals surface area contributed by atoms with E-state index in [0.717, 1.165) is 0 Å². The molecule has 84 valence electrons. The summed E-state index contributed by atoms with van der Waals surface area (Å²) in [5.41, 5.74) is 6.88. The number of nitrogen functional groups attached to an aromatic ring is 1. The summed E-state index contributed by atoms with van der Waals surface area (Å²) in [5, 5.41) is 3.02. The van der Waals surface area contributed by atoms with Crippen molar-refractivity contribution in [3.63, 3.8) is 0 Å². The number of anilines is 2. The third kappa shape index (κ3) is 4.16. The first-order valence-electron chi connectivity index (χ1n) is 4.52. The Morgan fingerprint density at radius 3 is 2.80 bits per heavy atom. The van der Waals surface area contributed by atoms with Gasteiger partial charge in [0.2, 0.25) is 0 Å². The lowest BCUT2D eigenvalue weighted by atomic mass is 10.3. The van der Waals surface area contributed by atoms with Crippen LogP contribution in [0, 0.1) is 0 Å². The first kappa shape index (κ1) is 11.8. The molecule has 0 aliphatic carbocycles. The van der Waals surface area contributed by atoms with Crippen LogP contribution in [-0.2, 0) is 9.84 Å². The van der Waals surface area contributed by atoms with E-state index in [2.05, 4.69) is 10.3 Å². The number of pyridine rings is 1. The molecule has 0 saturated carbocycles. The number of rotatable bonds is 4. The highest BCUT2D eigenvalue weighted by molar-refractivity contribution is 7.90. The number of nitrogens with two attached hydrogens (primary N) is 1. The van der Waals surface area contributed by atoms with Crippen molar-refractivity contribution in [2.24, 2.45) is 0 Å². The third-order valence-electron chi connectivity index (χ3n) is 1.81. The summed E-state index contributed by atoms with van der Waals surface area (Å²) < 4.78 is 22.1. The van der Waals surface area contributed by atoms with E-state index in [1.165, 1.54) is 12.5 Å². The van der Waals surface area contributed by atoms with Crippen LogP contribution in [0.3, 0.4) is 0 Å². The van der Waals surface area contributed by atoms with Gasteiger partial charge < -0.3 is 11.1 Å². The van der Waals surface area contributed by atoms with Gasteiger partial charge in [-0.05, 0) is 13.0 Å². The summed E-state index contributed by atoms with van der Waals surface area (Å²) in [4.78, 5) is 3.84. The molecule has 5 nitrogen and oxygen atoms in total. The van der Waals surface area contributed by atoms with Gasteiger partial charge in [-0.3, -0.25) is 4.98 Å². The van der Waals surface area contributed by atoms with Crippen LogP contribution in [-0.4, -0.2) is 31.5 Å². The van der Waals surface area contributed by atoms with E-state index >= 15 is 0 Å². The van der Waals surface area contributed by atoms with E-state index in [1.54, 1.807) is 19.2 Å². The highest BCUT2D eigenvalue weighted by atomic mass is 32.2. The lowest BCUT2D eigenvalue weighted by Crippen LogP contribution is -2.25. The van der Waals surface area contributed by atoms with Gasteiger partial charge >= 0.3 is 0 Å². The van der Waals surface area contributed by atoms with Crippen LogP contribution in [0.1, 0.15) is 6.92 Å². The molecule has 0 aromatic carbocycles. The maximum atomic E-state index is 11.0. The van der Waals surface area contributed by atoms with Gasteiger partial charge in [-0.2, -0.15) is 0 Å². The van der Waals surface area contributed by atoms with Gasteiger partial charge in [-0.15, -0.1) is 0 Å². The number of sulfone groups is 1. The Labute approximate surface area is 89.6 Å². The van der Waals surface area contributed by atoms with Gasteiger partial charge in [0.05, 0.1) is 23.3 Å². The van der Waals surface area contributed by atoms with Crippen molar-refractivity contribution in [3.8, 4) is 0 Å². The molecule has 1 unspecified atom stereocenters. The number of hydrogen-bond donors (Lipinski definition) is 2. The highest BCUT2D eigenvalue weighted by Crippen LogP contribution is 2.16. The zero-order valence-corrected chi connectivity index (χ0v) is 9.58. The molecule has 0 bridgehead atoms.